The molecule has 0 radical (unpaired) electrons. The second-order valence-corrected chi connectivity index (χ2v) is 3.36. The van der Waals surface area contributed by atoms with Crippen LogP contribution in [0.25, 0.3) is 0 Å². The summed E-state index contributed by atoms with van der Waals surface area (Å²) in [6.45, 7) is 1.84. The molecule has 0 aliphatic carbocycles. The summed E-state index contributed by atoms with van der Waals surface area (Å²) in [6, 6.07) is 0. The van der Waals surface area contributed by atoms with Crippen molar-refractivity contribution in [2.75, 3.05) is 6.16 Å². The first kappa shape index (κ1) is 19.1. The molecule has 0 saturated carbocycles. The first-order valence-electron chi connectivity index (χ1n) is 2.57. The molecule has 0 unspecified atom stereocenters. The van der Waals surface area contributed by atoms with Gasteiger partial charge in [-0.2, -0.15) is 0 Å². The third-order valence-corrected chi connectivity index (χ3v) is 1.65. The summed E-state index contributed by atoms with van der Waals surface area (Å²) in [6.07, 6.45) is 1.06. The van der Waals surface area contributed by atoms with Gasteiger partial charge in [0.15, 0.2) is 0 Å². The molecular weight excluding hydrogens is 205 g/mol. The molecule has 0 aromatic heterocycles. The van der Waals surface area contributed by atoms with Gasteiger partial charge in [0, 0.05) is 0 Å². The van der Waals surface area contributed by atoms with Crippen molar-refractivity contribution < 1.29 is 117 Å². The first-order valence-corrected chi connectivity index (χ1v) is 4.30. The number of hydrogen-bond acceptors (Lipinski definition) is 3. The fourth-order valence-electron chi connectivity index (χ4n) is 0.352. The Morgan fingerprint density at radius 3 is 1.80 bits per heavy atom. The Kier molecular flexibility index (Phi) is 20.0. The van der Waals surface area contributed by atoms with Crippen LogP contribution >= 0.6 is 7.60 Å². The van der Waals surface area contributed by atoms with Gasteiger partial charge in [0.1, 0.15) is 0 Å². The van der Waals surface area contributed by atoms with Gasteiger partial charge in [0.2, 0.25) is 0 Å². The molecule has 0 amide bonds. The molecule has 0 N–H and O–H groups in total. The molecule has 0 heterocycles. The maximum Gasteiger partial charge on any atom is 1.00 e. The van der Waals surface area contributed by atoms with Gasteiger partial charge in [-0.3, -0.25) is 0 Å². The van der Waals surface area contributed by atoms with E-state index in [4.69, 9.17) is 0 Å². The molecule has 0 aliphatic rings. The number of unbranched alkanes of at least 4 members (excludes halogenated alkanes) is 1. The van der Waals surface area contributed by atoms with Crippen LogP contribution in [0, 0.1) is 0 Å². The van der Waals surface area contributed by atoms with Crippen LogP contribution in [0.3, 0.4) is 0 Å². The van der Waals surface area contributed by atoms with Gasteiger partial charge in [-0.1, -0.05) is 20.9 Å². The smallest absolute Gasteiger partial charge is 0.811 e. The summed E-state index contributed by atoms with van der Waals surface area (Å²) in [5.41, 5.74) is 0. The minimum atomic E-state index is -4.18. The van der Waals surface area contributed by atoms with Gasteiger partial charge < -0.3 is 14.4 Å². The van der Waals surface area contributed by atoms with E-state index in [9.17, 15) is 14.4 Å². The average Bonchev–Trinajstić information content (AvgIpc) is 1.59. The Morgan fingerprint density at radius 1 is 1.30 bits per heavy atom. The largest absolute Gasteiger partial charge is 1.00 e. The summed E-state index contributed by atoms with van der Waals surface area (Å²) >= 11 is 0. The summed E-state index contributed by atoms with van der Waals surface area (Å²) in [5.74, 6) is 0. The first-order chi connectivity index (χ1) is 3.56. The zero-order chi connectivity index (χ0) is 6.62. The molecule has 0 aromatic carbocycles. The maximum atomic E-state index is 9.86. The van der Waals surface area contributed by atoms with E-state index in [0.29, 0.717) is 6.42 Å². The molecule has 6 heteroatoms. The molecule has 10 heavy (non-hydrogen) atoms. The van der Waals surface area contributed by atoms with Crippen molar-refractivity contribution in [3.05, 3.63) is 0 Å². The third kappa shape index (κ3) is 17.5. The van der Waals surface area contributed by atoms with Crippen molar-refractivity contribution in [1.82, 2.24) is 0 Å². The average molecular weight is 214 g/mol. The van der Waals surface area contributed by atoms with Crippen molar-refractivity contribution >= 4 is 7.60 Å². The van der Waals surface area contributed by atoms with Gasteiger partial charge in [-0.05, 0) is 12.6 Å². The number of rotatable bonds is 3. The van der Waals surface area contributed by atoms with Crippen LogP contribution in [-0.4, -0.2) is 6.16 Å². The topological polar surface area (TPSA) is 63.2 Å². The van der Waals surface area contributed by atoms with Crippen LogP contribution in [0.2, 0.25) is 0 Å². The molecule has 0 bridgehead atoms. The van der Waals surface area contributed by atoms with Crippen molar-refractivity contribution in [3.8, 4) is 0 Å². The van der Waals surface area contributed by atoms with Gasteiger partial charge in [0.25, 0.3) is 0 Å². The summed E-state index contributed by atoms with van der Waals surface area (Å²) < 4.78 is 9.86. The predicted molar refractivity (Wildman–Crippen MR) is 27.4 cm³/mol. The van der Waals surface area contributed by atoms with Crippen LogP contribution in [-0.2, 0) is 4.57 Å². The van der Waals surface area contributed by atoms with E-state index < -0.39 is 7.60 Å². The van der Waals surface area contributed by atoms with E-state index >= 15 is 0 Å². The van der Waals surface area contributed by atoms with Crippen molar-refractivity contribution in [2.24, 2.45) is 0 Å². The molecule has 0 fully saturated rings. The molecule has 50 valence electrons. The minimum Gasteiger partial charge on any atom is -0.811 e. The van der Waals surface area contributed by atoms with Crippen LogP contribution in [0.5, 0.6) is 0 Å². The molecule has 0 rings (SSSR count). The second kappa shape index (κ2) is 10.5. The Balaban J connectivity index is -0.000000245. The van der Waals surface area contributed by atoms with E-state index in [-0.39, 0.29) is 109 Å². The second-order valence-electron chi connectivity index (χ2n) is 1.69. The maximum absolute atomic E-state index is 9.86. The Bertz CT molecular complexity index is 103. The van der Waals surface area contributed by atoms with Crippen LogP contribution in [0.1, 0.15) is 19.8 Å². The molecule has 0 saturated heterocycles. The van der Waals surface area contributed by atoms with Crippen LogP contribution < -0.4 is 113 Å². The number of hydrogen-bond donors (Lipinski definition) is 0. The Labute approximate surface area is 147 Å². The monoisotopic (exact) mass is 214 g/mol. The molecule has 0 aromatic rings. The van der Waals surface area contributed by atoms with Gasteiger partial charge in [-0.15, -0.1) is 0 Å². The summed E-state index contributed by atoms with van der Waals surface area (Å²) in [5, 5.41) is 0. The zero-order valence-corrected chi connectivity index (χ0v) is 13.9. The standard InChI is InChI=1S/C4H11O3P.2K/c1-2-3-4-8(5,6)7;;/h2-4H2,1H3,(H2,5,6,7);;/q;2*+1/p-2. The van der Waals surface area contributed by atoms with E-state index in [0.717, 1.165) is 6.42 Å². The van der Waals surface area contributed by atoms with E-state index in [1.165, 1.54) is 0 Å². The third-order valence-electron chi connectivity index (χ3n) is 0.786. The van der Waals surface area contributed by atoms with E-state index in [1.54, 1.807) is 0 Å². The van der Waals surface area contributed by atoms with Gasteiger partial charge >= 0.3 is 103 Å². The predicted octanol–water partition coefficient (Wildman–Crippen LogP) is -6.29. The Morgan fingerprint density at radius 2 is 1.70 bits per heavy atom. The Hall–Kier alpha value is 3.42. The zero-order valence-electron chi connectivity index (χ0n) is 6.79. The quantitative estimate of drug-likeness (QED) is 0.347. The van der Waals surface area contributed by atoms with Crippen LogP contribution in [0.15, 0.2) is 0 Å². The fourth-order valence-corrected chi connectivity index (χ4v) is 1.06. The van der Waals surface area contributed by atoms with Gasteiger partial charge in [0.05, 0.1) is 0 Å². The van der Waals surface area contributed by atoms with Crippen molar-refractivity contribution in [2.45, 2.75) is 19.8 Å². The van der Waals surface area contributed by atoms with Gasteiger partial charge in [-0.25, -0.2) is 0 Å². The van der Waals surface area contributed by atoms with E-state index in [1.807, 2.05) is 6.92 Å². The van der Waals surface area contributed by atoms with E-state index in [2.05, 4.69) is 0 Å². The SMILES string of the molecule is CCCCP(=O)([O-])[O-].[K+].[K+]. The van der Waals surface area contributed by atoms with Crippen molar-refractivity contribution in [1.29, 1.82) is 0 Å². The van der Waals surface area contributed by atoms with Crippen molar-refractivity contribution in [3.63, 3.8) is 0 Å². The fraction of sp³-hybridized carbons (Fsp3) is 1.00. The molecule has 0 aliphatic heterocycles. The minimum absolute atomic E-state index is 0. The summed E-state index contributed by atoms with van der Waals surface area (Å²) in [4.78, 5) is 19.7. The molecular formula is C4H9K2O3P. The molecule has 0 atom stereocenters. The molecule has 3 nitrogen and oxygen atoms in total. The normalized spacial score (nSPS) is 9.50. The molecule has 0 spiro atoms. The van der Waals surface area contributed by atoms with Crippen LogP contribution in [0.4, 0.5) is 0 Å². The summed E-state index contributed by atoms with van der Waals surface area (Å²) in [7, 11) is -4.18.